The van der Waals surface area contributed by atoms with Gasteiger partial charge in [0.2, 0.25) is 0 Å². The molecule has 1 saturated heterocycles. The number of aryl methyl sites for hydroxylation is 2. The van der Waals surface area contributed by atoms with E-state index in [9.17, 15) is 0 Å². The van der Waals surface area contributed by atoms with Gasteiger partial charge >= 0.3 is 0 Å². The third kappa shape index (κ3) is 3.08. The van der Waals surface area contributed by atoms with Crippen LogP contribution in [0.25, 0.3) is 0 Å². The number of benzene rings is 2. The molecule has 0 aliphatic carbocycles. The molecule has 0 radical (unpaired) electrons. The van der Waals surface area contributed by atoms with Crippen molar-refractivity contribution in [1.82, 2.24) is 10.2 Å². The molecule has 3 rings (SSSR count). The second kappa shape index (κ2) is 6.64. The lowest BCUT2D eigenvalue weighted by Gasteiger charge is -2.49. The number of hydrogen-bond donors (Lipinski definition) is 1. The summed E-state index contributed by atoms with van der Waals surface area (Å²) in [4.78, 5) is 2.64. The van der Waals surface area contributed by atoms with Crippen molar-refractivity contribution >= 4 is 0 Å². The van der Waals surface area contributed by atoms with Crippen LogP contribution in [0.3, 0.4) is 0 Å². The van der Waals surface area contributed by atoms with Crippen LogP contribution in [0.5, 0.6) is 0 Å². The second-order valence-corrected chi connectivity index (χ2v) is 6.47. The lowest BCUT2D eigenvalue weighted by Crippen LogP contribution is -2.53. The number of hydrogen-bond acceptors (Lipinski definition) is 2. The molecule has 2 unspecified atom stereocenters. The number of nitrogens with zero attached hydrogens (tertiary/aromatic N) is 1. The molecule has 0 spiro atoms. The normalized spacial score (nSPS) is 21.6. The maximum absolute atomic E-state index is 3.34. The summed E-state index contributed by atoms with van der Waals surface area (Å²) in [6.45, 7) is 6.47. The van der Waals surface area contributed by atoms with Gasteiger partial charge in [-0.3, -0.25) is 4.90 Å². The Bertz CT molecular complexity index is 618. The summed E-state index contributed by atoms with van der Waals surface area (Å²) < 4.78 is 0. The van der Waals surface area contributed by atoms with Crippen molar-refractivity contribution in [3.63, 3.8) is 0 Å². The average molecular weight is 294 g/mol. The summed E-state index contributed by atoms with van der Waals surface area (Å²) in [5.41, 5.74) is 5.62. The minimum atomic E-state index is 0.554. The first kappa shape index (κ1) is 15.3. The van der Waals surface area contributed by atoms with E-state index in [-0.39, 0.29) is 0 Å². The van der Waals surface area contributed by atoms with Gasteiger partial charge in [0.25, 0.3) is 0 Å². The van der Waals surface area contributed by atoms with E-state index in [1.54, 1.807) is 0 Å². The lowest BCUT2D eigenvalue weighted by atomic mass is 9.86. The Labute approximate surface area is 134 Å². The van der Waals surface area contributed by atoms with Gasteiger partial charge in [0.1, 0.15) is 0 Å². The molecule has 1 N–H and O–H groups in total. The predicted octanol–water partition coefficient (Wildman–Crippen LogP) is 3.84. The first-order valence-corrected chi connectivity index (χ1v) is 8.20. The summed E-state index contributed by atoms with van der Waals surface area (Å²) in [5, 5.41) is 3.34. The zero-order chi connectivity index (χ0) is 15.5. The molecule has 2 aromatic rings. The van der Waals surface area contributed by atoms with Gasteiger partial charge in [-0.1, -0.05) is 54.1 Å². The van der Waals surface area contributed by atoms with Crippen LogP contribution in [0.2, 0.25) is 0 Å². The summed E-state index contributed by atoms with van der Waals surface area (Å²) in [7, 11) is 2.05. The third-order valence-electron chi connectivity index (χ3n) is 4.88. The molecule has 2 nitrogen and oxygen atoms in total. The van der Waals surface area contributed by atoms with Crippen LogP contribution in [-0.4, -0.2) is 24.5 Å². The van der Waals surface area contributed by atoms with Gasteiger partial charge in [0.15, 0.2) is 0 Å². The molecule has 1 fully saturated rings. The summed E-state index contributed by atoms with van der Waals surface area (Å²) in [6.07, 6.45) is 1.25. The van der Waals surface area contributed by atoms with E-state index in [4.69, 9.17) is 0 Å². The minimum Gasteiger partial charge on any atom is -0.318 e. The van der Waals surface area contributed by atoms with E-state index >= 15 is 0 Å². The van der Waals surface area contributed by atoms with Crippen LogP contribution >= 0.6 is 0 Å². The number of likely N-dealkylation sites (tertiary alicyclic amines) is 1. The Morgan fingerprint density at radius 2 is 1.77 bits per heavy atom. The second-order valence-electron chi connectivity index (χ2n) is 6.47. The van der Waals surface area contributed by atoms with Crippen LogP contribution in [0.15, 0.2) is 48.5 Å². The van der Waals surface area contributed by atoms with Crippen molar-refractivity contribution in [2.75, 3.05) is 13.6 Å². The molecule has 2 heteroatoms. The molecule has 116 valence electrons. The van der Waals surface area contributed by atoms with Crippen LogP contribution < -0.4 is 5.32 Å². The van der Waals surface area contributed by atoms with Crippen LogP contribution in [0.4, 0.5) is 0 Å². The van der Waals surface area contributed by atoms with Crippen LogP contribution in [0.1, 0.15) is 34.7 Å². The van der Waals surface area contributed by atoms with Gasteiger partial charge < -0.3 is 5.32 Å². The molecular formula is C20H26N2. The van der Waals surface area contributed by atoms with E-state index in [0.29, 0.717) is 12.1 Å². The van der Waals surface area contributed by atoms with Gasteiger partial charge in [-0.05, 0) is 44.0 Å². The molecule has 0 saturated carbocycles. The Balaban J connectivity index is 1.79. The molecule has 2 aromatic carbocycles. The smallest absolute Gasteiger partial charge is 0.0370 e. The topological polar surface area (TPSA) is 15.3 Å². The fourth-order valence-corrected chi connectivity index (χ4v) is 3.42. The van der Waals surface area contributed by atoms with Gasteiger partial charge in [-0.25, -0.2) is 0 Å². The molecular weight excluding hydrogens is 268 g/mol. The first-order valence-electron chi connectivity index (χ1n) is 8.20. The minimum absolute atomic E-state index is 0.554. The number of likely N-dealkylation sites (N-methyl/N-ethyl adjacent to an activating group) is 1. The molecule has 2 atom stereocenters. The van der Waals surface area contributed by atoms with E-state index in [1.165, 1.54) is 28.7 Å². The monoisotopic (exact) mass is 294 g/mol. The van der Waals surface area contributed by atoms with Crippen LogP contribution in [-0.2, 0) is 6.54 Å². The Kier molecular flexibility index (Phi) is 4.60. The van der Waals surface area contributed by atoms with Crippen molar-refractivity contribution in [1.29, 1.82) is 0 Å². The Hall–Kier alpha value is -1.64. The molecule has 0 aromatic heterocycles. The van der Waals surface area contributed by atoms with Gasteiger partial charge in [0.05, 0.1) is 0 Å². The predicted molar refractivity (Wildman–Crippen MR) is 93.0 cm³/mol. The SMILES string of the molecule is CNCC1CC(c2ccc(C)cc2)N1Cc1ccccc1C. The van der Waals surface area contributed by atoms with Crippen molar-refractivity contribution < 1.29 is 0 Å². The van der Waals surface area contributed by atoms with Crippen molar-refractivity contribution in [2.24, 2.45) is 0 Å². The fraction of sp³-hybridized carbons (Fsp3) is 0.400. The molecule has 1 heterocycles. The zero-order valence-electron chi connectivity index (χ0n) is 13.8. The van der Waals surface area contributed by atoms with Gasteiger partial charge in [0, 0.05) is 25.2 Å². The van der Waals surface area contributed by atoms with Crippen molar-refractivity contribution in [3.8, 4) is 0 Å². The van der Waals surface area contributed by atoms with Gasteiger partial charge in [-0.2, -0.15) is 0 Å². The van der Waals surface area contributed by atoms with Gasteiger partial charge in [-0.15, -0.1) is 0 Å². The largest absolute Gasteiger partial charge is 0.318 e. The maximum Gasteiger partial charge on any atom is 0.0370 e. The van der Waals surface area contributed by atoms with Crippen molar-refractivity contribution in [3.05, 3.63) is 70.8 Å². The highest BCUT2D eigenvalue weighted by molar-refractivity contribution is 5.29. The third-order valence-corrected chi connectivity index (χ3v) is 4.88. The van der Waals surface area contributed by atoms with E-state index in [1.807, 2.05) is 7.05 Å². The Morgan fingerprint density at radius 3 is 2.45 bits per heavy atom. The van der Waals surface area contributed by atoms with E-state index in [2.05, 4.69) is 72.6 Å². The highest BCUT2D eigenvalue weighted by Gasteiger charge is 2.38. The Morgan fingerprint density at radius 1 is 1.05 bits per heavy atom. The maximum atomic E-state index is 3.34. The molecule has 0 amide bonds. The quantitative estimate of drug-likeness (QED) is 0.901. The molecule has 1 aliphatic rings. The molecule has 22 heavy (non-hydrogen) atoms. The summed E-state index contributed by atoms with van der Waals surface area (Å²) in [5.74, 6) is 0. The average Bonchev–Trinajstić information content (AvgIpc) is 2.51. The molecule has 0 bridgehead atoms. The first-order chi connectivity index (χ1) is 10.7. The highest BCUT2D eigenvalue weighted by atomic mass is 15.3. The lowest BCUT2D eigenvalue weighted by molar-refractivity contribution is 0.00660. The van der Waals surface area contributed by atoms with Crippen molar-refractivity contribution in [2.45, 2.75) is 38.9 Å². The molecule has 1 aliphatic heterocycles. The number of nitrogens with one attached hydrogen (secondary N) is 1. The highest BCUT2D eigenvalue weighted by Crippen LogP contribution is 2.40. The van der Waals surface area contributed by atoms with E-state index in [0.717, 1.165) is 13.1 Å². The fourth-order valence-electron chi connectivity index (χ4n) is 3.42. The zero-order valence-corrected chi connectivity index (χ0v) is 13.8. The van der Waals surface area contributed by atoms with Crippen LogP contribution in [0, 0.1) is 13.8 Å². The summed E-state index contributed by atoms with van der Waals surface area (Å²) >= 11 is 0. The standard InChI is InChI=1S/C20H26N2/c1-15-8-10-17(11-9-15)20-12-19(13-21-3)22(20)14-18-7-5-4-6-16(18)2/h4-11,19-21H,12-14H2,1-3H3. The summed E-state index contributed by atoms with van der Waals surface area (Å²) in [6, 6.07) is 19.0. The van der Waals surface area contributed by atoms with E-state index < -0.39 is 0 Å². The number of rotatable bonds is 5.